The van der Waals surface area contributed by atoms with Gasteiger partial charge in [-0.1, -0.05) is 53.0 Å². The van der Waals surface area contributed by atoms with Crippen molar-refractivity contribution < 1.29 is 4.79 Å². The predicted molar refractivity (Wildman–Crippen MR) is 68.9 cm³/mol. The Bertz CT molecular complexity index is 564. The maximum Gasteiger partial charge on any atom is 0.212 e. The van der Waals surface area contributed by atoms with E-state index in [9.17, 15) is 4.79 Å². The highest BCUT2D eigenvalue weighted by Crippen LogP contribution is 2.21. The number of nitrogens with zero attached hydrogens (tertiary/aromatic N) is 1. The quantitative estimate of drug-likeness (QED) is 0.771. The number of benzene rings is 1. The van der Waals surface area contributed by atoms with Crippen LogP contribution in [0.2, 0.25) is 10.0 Å². The highest BCUT2D eigenvalue weighted by atomic mass is 35.5. The third-order valence-electron chi connectivity index (χ3n) is 2.34. The first-order valence-electron chi connectivity index (χ1n) is 5.00. The molecule has 2 rings (SSSR count). The van der Waals surface area contributed by atoms with Crippen LogP contribution in [0.15, 0.2) is 36.5 Å². The molecule has 0 atom stereocenters. The summed E-state index contributed by atoms with van der Waals surface area (Å²) in [5, 5.41) is 0.679. The number of hydrogen-bond acceptors (Lipinski definition) is 2. The summed E-state index contributed by atoms with van der Waals surface area (Å²) >= 11 is 11.7. The highest BCUT2D eigenvalue weighted by molar-refractivity contribution is 6.37. The van der Waals surface area contributed by atoms with Gasteiger partial charge in [-0.2, -0.15) is 0 Å². The molecule has 0 N–H and O–H groups in total. The van der Waals surface area contributed by atoms with E-state index in [1.165, 1.54) is 12.3 Å². The molecule has 0 aliphatic carbocycles. The van der Waals surface area contributed by atoms with Crippen LogP contribution in [0.3, 0.4) is 0 Å². The van der Waals surface area contributed by atoms with Gasteiger partial charge >= 0.3 is 0 Å². The van der Waals surface area contributed by atoms with Gasteiger partial charge in [0.15, 0.2) is 0 Å². The monoisotopic (exact) mass is 265 g/mol. The van der Waals surface area contributed by atoms with Crippen LogP contribution in [0.4, 0.5) is 0 Å². The minimum absolute atomic E-state index is 0.202. The summed E-state index contributed by atoms with van der Waals surface area (Å²) < 4.78 is 0. The molecule has 4 heteroatoms. The second-order valence-corrected chi connectivity index (χ2v) is 4.52. The van der Waals surface area contributed by atoms with Crippen LogP contribution in [0.5, 0.6) is 0 Å². The molecule has 0 aliphatic rings. The minimum Gasteiger partial charge on any atom is -0.287 e. The van der Waals surface area contributed by atoms with E-state index in [0.717, 1.165) is 5.56 Å². The maximum atomic E-state index is 12.1. The van der Waals surface area contributed by atoms with Crippen molar-refractivity contribution >= 4 is 29.0 Å². The second kappa shape index (κ2) is 4.86. The molecule has 0 unspecified atom stereocenters. The molecule has 1 heterocycles. The number of pyridine rings is 1. The van der Waals surface area contributed by atoms with Crippen LogP contribution >= 0.6 is 23.2 Å². The first-order valence-corrected chi connectivity index (χ1v) is 5.76. The Hall–Kier alpha value is -1.38. The number of aryl methyl sites for hydroxylation is 1. The van der Waals surface area contributed by atoms with E-state index in [1.807, 2.05) is 19.1 Å². The lowest BCUT2D eigenvalue weighted by Gasteiger charge is -2.03. The van der Waals surface area contributed by atoms with E-state index in [2.05, 4.69) is 4.98 Å². The van der Waals surface area contributed by atoms with Gasteiger partial charge in [0.1, 0.15) is 5.69 Å². The number of rotatable bonds is 2. The van der Waals surface area contributed by atoms with E-state index < -0.39 is 0 Å². The van der Waals surface area contributed by atoms with E-state index in [1.54, 1.807) is 12.1 Å². The summed E-state index contributed by atoms with van der Waals surface area (Å²) in [5.74, 6) is -0.202. The number of carbonyl (C=O) groups excluding carboxylic acids is 1. The highest BCUT2D eigenvalue weighted by Gasteiger charge is 2.14. The first kappa shape index (κ1) is 12.1. The fraction of sp³-hybridized carbons (Fsp3) is 0.0769. The summed E-state index contributed by atoms with van der Waals surface area (Å²) in [6, 6.07) is 8.76. The number of carbonyl (C=O) groups is 1. The normalized spacial score (nSPS) is 10.3. The van der Waals surface area contributed by atoms with Crippen LogP contribution in [0.25, 0.3) is 0 Å². The van der Waals surface area contributed by atoms with Crippen LogP contribution < -0.4 is 0 Å². The predicted octanol–water partition coefficient (Wildman–Crippen LogP) is 3.93. The topological polar surface area (TPSA) is 30.0 Å². The maximum absolute atomic E-state index is 12.1. The SMILES string of the molecule is Cc1ccc(C(=O)c2ncc(Cl)cc2Cl)cc1. The summed E-state index contributed by atoms with van der Waals surface area (Å²) in [5.41, 5.74) is 1.88. The molecule has 0 amide bonds. The molecule has 0 saturated carbocycles. The zero-order valence-corrected chi connectivity index (χ0v) is 10.6. The minimum atomic E-state index is -0.202. The Kier molecular flexibility index (Phi) is 3.46. The van der Waals surface area contributed by atoms with Crippen molar-refractivity contribution in [2.75, 3.05) is 0 Å². The molecular weight excluding hydrogens is 257 g/mol. The molecule has 0 fully saturated rings. The largest absolute Gasteiger partial charge is 0.287 e. The lowest BCUT2D eigenvalue weighted by Crippen LogP contribution is -2.04. The average molecular weight is 266 g/mol. The van der Waals surface area contributed by atoms with Crippen LogP contribution in [0.1, 0.15) is 21.6 Å². The van der Waals surface area contributed by atoms with Crippen LogP contribution in [-0.4, -0.2) is 10.8 Å². The van der Waals surface area contributed by atoms with Crippen molar-refractivity contribution in [3.05, 3.63) is 63.4 Å². The standard InChI is InChI=1S/C13H9Cl2NO/c1-8-2-4-9(5-3-8)13(17)12-11(15)6-10(14)7-16-12/h2-7H,1H3. The van der Waals surface area contributed by atoms with E-state index in [-0.39, 0.29) is 16.5 Å². The van der Waals surface area contributed by atoms with Gasteiger partial charge in [0.25, 0.3) is 0 Å². The molecule has 0 bridgehead atoms. The van der Waals surface area contributed by atoms with Gasteiger partial charge in [-0.25, -0.2) is 4.98 Å². The van der Waals surface area contributed by atoms with E-state index >= 15 is 0 Å². The van der Waals surface area contributed by atoms with E-state index in [0.29, 0.717) is 10.6 Å². The number of halogens is 2. The van der Waals surface area contributed by atoms with Crippen molar-refractivity contribution in [1.29, 1.82) is 0 Å². The molecular formula is C13H9Cl2NO. The summed E-state index contributed by atoms with van der Waals surface area (Å²) in [6.45, 7) is 1.96. The molecule has 0 spiro atoms. The third-order valence-corrected chi connectivity index (χ3v) is 2.83. The van der Waals surface area contributed by atoms with Gasteiger partial charge in [-0.15, -0.1) is 0 Å². The van der Waals surface area contributed by atoms with Crippen LogP contribution in [0, 0.1) is 6.92 Å². The van der Waals surface area contributed by atoms with Gasteiger partial charge in [0.05, 0.1) is 10.0 Å². The zero-order chi connectivity index (χ0) is 12.4. The number of hydrogen-bond donors (Lipinski definition) is 0. The van der Waals surface area contributed by atoms with Gasteiger partial charge < -0.3 is 0 Å². The van der Waals surface area contributed by atoms with E-state index in [4.69, 9.17) is 23.2 Å². The molecule has 86 valence electrons. The molecule has 1 aromatic carbocycles. The number of aromatic nitrogens is 1. The lowest BCUT2D eigenvalue weighted by molar-refractivity contribution is 0.103. The zero-order valence-electron chi connectivity index (χ0n) is 9.08. The molecule has 2 nitrogen and oxygen atoms in total. The van der Waals surface area contributed by atoms with Crippen LogP contribution in [-0.2, 0) is 0 Å². The second-order valence-electron chi connectivity index (χ2n) is 3.68. The van der Waals surface area contributed by atoms with Crippen molar-refractivity contribution in [2.45, 2.75) is 6.92 Å². The fourth-order valence-electron chi connectivity index (χ4n) is 1.42. The fourth-order valence-corrected chi connectivity index (χ4v) is 1.89. The smallest absolute Gasteiger partial charge is 0.212 e. The lowest BCUT2D eigenvalue weighted by atomic mass is 10.1. The Morgan fingerprint density at radius 3 is 2.41 bits per heavy atom. The molecule has 0 saturated heterocycles. The average Bonchev–Trinajstić information content (AvgIpc) is 2.29. The Balaban J connectivity index is 2.40. The van der Waals surface area contributed by atoms with Crippen molar-refractivity contribution in [1.82, 2.24) is 4.98 Å². The van der Waals surface area contributed by atoms with Gasteiger partial charge in [-0.05, 0) is 13.0 Å². The Morgan fingerprint density at radius 2 is 1.82 bits per heavy atom. The van der Waals surface area contributed by atoms with Gasteiger partial charge in [0.2, 0.25) is 5.78 Å². The Labute approximate surface area is 109 Å². The summed E-state index contributed by atoms with van der Waals surface area (Å²) in [6.07, 6.45) is 1.41. The van der Waals surface area contributed by atoms with Gasteiger partial charge in [0, 0.05) is 11.8 Å². The third kappa shape index (κ3) is 2.65. The summed E-state index contributed by atoms with van der Waals surface area (Å²) in [7, 11) is 0. The number of ketones is 1. The molecule has 1 aromatic heterocycles. The molecule has 17 heavy (non-hydrogen) atoms. The van der Waals surface area contributed by atoms with Crippen molar-refractivity contribution in [3.8, 4) is 0 Å². The molecule has 2 aromatic rings. The first-order chi connectivity index (χ1) is 8.08. The molecule has 0 aliphatic heterocycles. The van der Waals surface area contributed by atoms with Crippen molar-refractivity contribution in [3.63, 3.8) is 0 Å². The summed E-state index contributed by atoms with van der Waals surface area (Å²) in [4.78, 5) is 16.1. The molecule has 0 radical (unpaired) electrons. The Morgan fingerprint density at radius 1 is 1.18 bits per heavy atom. The van der Waals surface area contributed by atoms with Gasteiger partial charge in [-0.3, -0.25) is 4.79 Å². The van der Waals surface area contributed by atoms with Crippen molar-refractivity contribution in [2.24, 2.45) is 0 Å².